The first-order chi connectivity index (χ1) is 11.9. The minimum atomic E-state index is -0.608. The summed E-state index contributed by atoms with van der Waals surface area (Å²) in [5.41, 5.74) is 6.88. The topological polar surface area (TPSA) is 87.7 Å². The molecule has 2 rings (SSSR count). The number of hydrogen-bond acceptors (Lipinski definition) is 4. The van der Waals surface area contributed by atoms with Crippen molar-refractivity contribution < 1.29 is 19.4 Å². The second-order valence-electron chi connectivity index (χ2n) is 5.98. The number of amides is 2. The number of nitrogens with one attached hydrogen (secondary N) is 2. The van der Waals surface area contributed by atoms with Gasteiger partial charge >= 0.3 is 0 Å². The summed E-state index contributed by atoms with van der Waals surface area (Å²) >= 11 is 0. The van der Waals surface area contributed by atoms with Gasteiger partial charge in [0.15, 0.2) is 6.61 Å². The molecule has 0 aromatic heterocycles. The molecule has 0 aliphatic heterocycles. The van der Waals surface area contributed by atoms with E-state index in [1.54, 1.807) is 12.1 Å². The summed E-state index contributed by atoms with van der Waals surface area (Å²) in [5, 5.41) is 9.59. The van der Waals surface area contributed by atoms with Gasteiger partial charge in [-0.1, -0.05) is 32.0 Å². The van der Waals surface area contributed by atoms with Crippen LogP contribution in [0.25, 0.3) is 0 Å². The molecule has 0 aliphatic rings. The molecule has 3 N–H and O–H groups in total. The Labute approximate surface area is 146 Å². The van der Waals surface area contributed by atoms with Crippen molar-refractivity contribution in [2.45, 2.75) is 26.7 Å². The van der Waals surface area contributed by atoms with E-state index in [4.69, 9.17) is 4.74 Å². The van der Waals surface area contributed by atoms with Gasteiger partial charge in [0.05, 0.1) is 5.56 Å². The van der Waals surface area contributed by atoms with Gasteiger partial charge in [-0.05, 0) is 48.2 Å². The van der Waals surface area contributed by atoms with Crippen molar-refractivity contribution in [2.24, 2.45) is 0 Å². The molecule has 0 fully saturated rings. The Balaban J connectivity index is 1.84. The molecule has 0 radical (unpaired) electrons. The van der Waals surface area contributed by atoms with Crippen LogP contribution in [-0.4, -0.2) is 23.5 Å². The standard InChI is InChI=1S/C19H22N2O4/c1-12(2)15-9-8-14(10-13(15)3)25-11-18(23)20-21-19(24)16-6-4-5-7-17(16)22/h4-10,12,22H,11H2,1-3H3,(H,20,23)(H,21,24). The van der Waals surface area contributed by atoms with Crippen molar-refractivity contribution in [3.8, 4) is 11.5 Å². The van der Waals surface area contributed by atoms with Gasteiger partial charge in [-0.25, -0.2) is 0 Å². The predicted octanol–water partition coefficient (Wildman–Crippen LogP) is 2.66. The number of ether oxygens (including phenoxy) is 1. The van der Waals surface area contributed by atoms with Crippen molar-refractivity contribution in [2.75, 3.05) is 6.61 Å². The van der Waals surface area contributed by atoms with Crippen LogP contribution in [0.5, 0.6) is 11.5 Å². The Kier molecular flexibility index (Phi) is 6.00. The van der Waals surface area contributed by atoms with Gasteiger partial charge in [-0.3, -0.25) is 20.4 Å². The number of hydrazine groups is 1. The Morgan fingerprint density at radius 2 is 1.84 bits per heavy atom. The second kappa shape index (κ2) is 8.19. The van der Waals surface area contributed by atoms with Gasteiger partial charge in [0.25, 0.3) is 11.8 Å². The van der Waals surface area contributed by atoms with E-state index in [-0.39, 0.29) is 17.9 Å². The van der Waals surface area contributed by atoms with Crippen molar-refractivity contribution in [3.05, 3.63) is 59.2 Å². The van der Waals surface area contributed by atoms with E-state index in [2.05, 4.69) is 24.7 Å². The lowest BCUT2D eigenvalue weighted by atomic mass is 9.98. The van der Waals surface area contributed by atoms with Crippen molar-refractivity contribution >= 4 is 11.8 Å². The SMILES string of the molecule is Cc1cc(OCC(=O)NNC(=O)c2ccccc2O)ccc1C(C)C. The van der Waals surface area contributed by atoms with E-state index < -0.39 is 11.8 Å². The molecule has 2 aromatic rings. The first-order valence-corrected chi connectivity index (χ1v) is 7.99. The Hall–Kier alpha value is -3.02. The molecule has 0 saturated carbocycles. The second-order valence-corrected chi connectivity index (χ2v) is 5.98. The molecule has 2 amide bonds. The zero-order valence-electron chi connectivity index (χ0n) is 14.5. The number of rotatable bonds is 5. The highest BCUT2D eigenvalue weighted by atomic mass is 16.5. The summed E-state index contributed by atoms with van der Waals surface area (Å²) in [6.07, 6.45) is 0. The quantitative estimate of drug-likeness (QED) is 0.729. The maximum absolute atomic E-state index is 11.9. The van der Waals surface area contributed by atoms with E-state index in [0.29, 0.717) is 11.7 Å². The molecular weight excluding hydrogens is 320 g/mol. The first-order valence-electron chi connectivity index (χ1n) is 7.99. The van der Waals surface area contributed by atoms with Crippen molar-refractivity contribution in [1.29, 1.82) is 0 Å². The zero-order valence-corrected chi connectivity index (χ0v) is 14.5. The number of phenolic OH excluding ortho intramolecular Hbond substituents is 1. The van der Waals surface area contributed by atoms with E-state index in [1.165, 1.54) is 17.7 Å². The van der Waals surface area contributed by atoms with Gasteiger partial charge < -0.3 is 9.84 Å². The number of phenols is 1. The van der Waals surface area contributed by atoms with E-state index >= 15 is 0 Å². The molecule has 0 saturated heterocycles. The van der Waals surface area contributed by atoms with Crippen LogP contribution in [0.4, 0.5) is 0 Å². The largest absolute Gasteiger partial charge is 0.507 e. The van der Waals surface area contributed by atoms with E-state index in [9.17, 15) is 14.7 Å². The number of benzene rings is 2. The molecule has 132 valence electrons. The summed E-state index contributed by atoms with van der Waals surface area (Å²) < 4.78 is 5.43. The molecule has 0 atom stereocenters. The van der Waals surface area contributed by atoms with Gasteiger partial charge in [0.2, 0.25) is 0 Å². The van der Waals surface area contributed by atoms with Crippen LogP contribution in [0.1, 0.15) is 41.3 Å². The molecule has 25 heavy (non-hydrogen) atoms. The van der Waals surface area contributed by atoms with Crippen LogP contribution in [0.3, 0.4) is 0 Å². The van der Waals surface area contributed by atoms with Crippen LogP contribution in [0.15, 0.2) is 42.5 Å². The minimum absolute atomic E-state index is 0.0728. The van der Waals surface area contributed by atoms with Gasteiger partial charge in [-0.2, -0.15) is 0 Å². The summed E-state index contributed by atoms with van der Waals surface area (Å²) in [6, 6.07) is 11.7. The van der Waals surface area contributed by atoms with Crippen LogP contribution in [0.2, 0.25) is 0 Å². The third kappa shape index (κ3) is 4.97. The smallest absolute Gasteiger partial charge is 0.276 e. The third-order valence-corrected chi connectivity index (χ3v) is 3.70. The van der Waals surface area contributed by atoms with Crippen LogP contribution in [-0.2, 0) is 4.79 Å². The molecule has 0 aliphatic carbocycles. The highest BCUT2D eigenvalue weighted by Crippen LogP contribution is 2.23. The molecule has 0 spiro atoms. The molecule has 6 heteroatoms. The highest BCUT2D eigenvalue weighted by molar-refractivity contribution is 5.97. The lowest BCUT2D eigenvalue weighted by Crippen LogP contribution is -2.43. The summed E-state index contributed by atoms with van der Waals surface area (Å²) in [6.45, 7) is 5.99. The Bertz CT molecular complexity index is 772. The number of hydrogen-bond donors (Lipinski definition) is 3. The molecular formula is C19H22N2O4. The predicted molar refractivity (Wildman–Crippen MR) is 94.5 cm³/mol. The maximum atomic E-state index is 11.9. The van der Waals surface area contributed by atoms with Crippen molar-refractivity contribution in [3.63, 3.8) is 0 Å². The highest BCUT2D eigenvalue weighted by Gasteiger charge is 2.11. The van der Waals surface area contributed by atoms with E-state index in [0.717, 1.165) is 5.56 Å². The Morgan fingerprint density at radius 1 is 1.12 bits per heavy atom. The van der Waals surface area contributed by atoms with Crippen LogP contribution < -0.4 is 15.6 Å². The summed E-state index contributed by atoms with van der Waals surface area (Å²) in [7, 11) is 0. The number of carbonyl (C=O) groups excluding carboxylic acids is 2. The average molecular weight is 342 g/mol. The van der Waals surface area contributed by atoms with Crippen LogP contribution in [0, 0.1) is 6.92 Å². The number of aryl methyl sites for hydroxylation is 1. The van der Waals surface area contributed by atoms with Gasteiger partial charge in [0.1, 0.15) is 11.5 Å². The number of carbonyl (C=O) groups is 2. The number of para-hydroxylation sites is 1. The average Bonchev–Trinajstić information content (AvgIpc) is 2.58. The molecule has 2 aromatic carbocycles. The summed E-state index contributed by atoms with van der Waals surface area (Å²) in [5.74, 6) is -0.268. The zero-order chi connectivity index (χ0) is 18.4. The molecule has 0 heterocycles. The van der Waals surface area contributed by atoms with E-state index in [1.807, 2.05) is 25.1 Å². The fourth-order valence-electron chi connectivity index (χ4n) is 2.43. The maximum Gasteiger partial charge on any atom is 0.276 e. The fraction of sp³-hybridized carbons (Fsp3) is 0.263. The molecule has 0 bridgehead atoms. The van der Waals surface area contributed by atoms with Gasteiger partial charge in [-0.15, -0.1) is 0 Å². The normalized spacial score (nSPS) is 10.4. The first kappa shape index (κ1) is 18.3. The number of aromatic hydroxyl groups is 1. The minimum Gasteiger partial charge on any atom is -0.507 e. The fourth-order valence-corrected chi connectivity index (χ4v) is 2.43. The third-order valence-electron chi connectivity index (χ3n) is 3.70. The molecule has 6 nitrogen and oxygen atoms in total. The lowest BCUT2D eigenvalue weighted by Gasteiger charge is -2.13. The van der Waals surface area contributed by atoms with Crippen molar-refractivity contribution in [1.82, 2.24) is 10.9 Å². The summed E-state index contributed by atoms with van der Waals surface area (Å²) in [4.78, 5) is 23.6. The Morgan fingerprint density at radius 3 is 2.48 bits per heavy atom. The molecule has 0 unspecified atom stereocenters. The lowest BCUT2D eigenvalue weighted by molar-refractivity contribution is -0.123. The monoisotopic (exact) mass is 342 g/mol. The van der Waals surface area contributed by atoms with Gasteiger partial charge in [0, 0.05) is 0 Å². The van der Waals surface area contributed by atoms with Crippen LogP contribution >= 0.6 is 0 Å².